The second-order valence-electron chi connectivity index (χ2n) is 3.78. The quantitative estimate of drug-likeness (QED) is 0.726. The zero-order valence-corrected chi connectivity index (χ0v) is 9.03. The summed E-state index contributed by atoms with van der Waals surface area (Å²) in [6.07, 6.45) is 0.694. The molecule has 0 aliphatic rings. The fourth-order valence-electron chi connectivity index (χ4n) is 1.37. The molecule has 0 radical (unpaired) electrons. The third-order valence-corrected chi connectivity index (χ3v) is 2.19. The van der Waals surface area contributed by atoms with Gasteiger partial charge in [-0.3, -0.25) is 0 Å². The molecule has 0 aliphatic heterocycles. The van der Waals surface area contributed by atoms with E-state index in [0.717, 1.165) is 12.1 Å². The minimum absolute atomic E-state index is 0.339. The molecule has 1 rings (SSSR count). The van der Waals surface area contributed by atoms with Crippen LogP contribution in [-0.2, 0) is 6.42 Å². The van der Waals surface area contributed by atoms with E-state index in [1.54, 1.807) is 18.2 Å². The Morgan fingerprint density at radius 1 is 1.47 bits per heavy atom. The number of hydrogen-bond donors (Lipinski definition) is 2. The van der Waals surface area contributed by atoms with Gasteiger partial charge in [-0.2, -0.15) is 0 Å². The van der Waals surface area contributed by atoms with Crippen molar-refractivity contribution in [3.8, 4) is 0 Å². The Morgan fingerprint density at radius 2 is 2.13 bits per heavy atom. The number of nitrogen functional groups attached to an aromatic ring is 1. The van der Waals surface area contributed by atoms with Crippen molar-refractivity contribution in [2.24, 2.45) is 0 Å². The average Bonchev–Trinajstić information content (AvgIpc) is 2.14. The van der Waals surface area contributed by atoms with Gasteiger partial charge in [0.25, 0.3) is 0 Å². The van der Waals surface area contributed by atoms with E-state index >= 15 is 0 Å². The third kappa shape index (κ3) is 3.25. The van der Waals surface area contributed by atoms with Crippen molar-refractivity contribution in [1.29, 1.82) is 0 Å². The number of benzene rings is 1. The summed E-state index contributed by atoms with van der Waals surface area (Å²) < 4.78 is 0. The highest BCUT2D eigenvalue weighted by atomic mass is 16.4. The van der Waals surface area contributed by atoms with Gasteiger partial charge < -0.3 is 15.7 Å². The predicted octanol–water partition coefficient (Wildman–Crippen LogP) is 1.07. The number of anilines is 1. The number of carboxylic acid groups (broad SMARTS) is 1. The highest BCUT2D eigenvalue weighted by Gasteiger charge is 2.09. The maximum Gasteiger partial charge on any atom is 0.335 e. The van der Waals surface area contributed by atoms with Crippen molar-refractivity contribution in [2.75, 3.05) is 26.4 Å². The van der Waals surface area contributed by atoms with E-state index in [1.807, 2.05) is 19.0 Å². The molecule has 0 fully saturated rings. The molecule has 0 bridgehead atoms. The molecule has 4 heteroatoms. The third-order valence-electron chi connectivity index (χ3n) is 2.19. The van der Waals surface area contributed by atoms with Crippen molar-refractivity contribution in [3.05, 3.63) is 29.3 Å². The molecule has 15 heavy (non-hydrogen) atoms. The topological polar surface area (TPSA) is 66.6 Å². The molecule has 82 valence electrons. The highest BCUT2D eigenvalue weighted by Crippen LogP contribution is 2.14. The number of carboxylic acids is 1. The van der Waals surface area contributed by atoms with Crippen molar-refractivity contribution in [2.45, 2.75) is 6.42 Å². The van der Waals surface area contributed by atoms with Gasteiger partial charge in [0.1, 0.15) is 0 Å². The average molecular weight is 208 g/mol. The van der Waals surface area contributed by atoms with E-state index < -0.39 is 5.97 Å². The second kappa shape index (κ2) is 4.79. The molecule has 0 atom stereocenters. The molecule has 3 N–H and O–H groups in total. The number of nitrogens with zero attached hydrogens (tertiary/aromatic N) is 1. The number of hydrogen-bond acceptors (Lipinski definition) is 3. The number of nitrogens with two attached hydrogens (primary N) is 1. The van der Waals surface area contributed by atoms with Gasteiger partial charge in [-0.1, -0.05) is 0 Å². The van der Waals surface area contributed by atoms with Gasteiger partial charge in [-0.05, 0) is 44.3 Å². The van der Waals surface area contributed by atoms with Gasteiger partial charge in [0.15, 0.2) is 0 Å². The van der Waals surface area contributed by atoms with Gasteiger partial charge in [0.05, 0.1) is 5.56 Å². The minimum atomic E-state index is -0.899. The van der Waals surface area contributed by atoms with E-state index in [2.05, 4.69) is 0 Å². The molecule has 4 nitrogen and oxygen atoms in total. The fourth-order valence-corrected chi connectivity index (χ4v) is 1.37. The molecule has 0 saturated heterocycles. The lowest BCUT2D eigenvalue weighted by atomic mass is 10.0. The molecule has 0 aromatic heterocycles. The van der Waals surface area contributed by atoms with Crippen molar-refractivity contribution < 1.29 is 9.90 Å². The van der Waals surface area contributed by atoms with Crippen LogP contribution in [0.15, 0.2) is 18.2 Å². The van der Waals surface area contributed by atoms with E-state index in [0.29, 0.717) is 17.7 Å². The Bertz CT molecular complexity index is 362. The van der Waals surface area contributed by atoms with Crippen LogP contribution in [0.3, 0.4) is 0 Å². The van der Waals surface area contributed by atoms with E-state index in [9.17, 15) is 4.79 Å². The second-order valence-corrected chi connectivity index (χ2v) is 3.78. The monoisotopic (exact) mass is 208 g/mol. The fraction of sp³-hybridized carbons (Fsp3) is 0.364. The van der Waals surface area contributed by atoms with Crippen LogP contribution in [0.1, 0.15) is 15.9 Å². The molecule has 1 aromatic carbocycles. The maximum atomic E-state index is 10.9. The number of aromatic carboxylic acids is 1. The van der Waals surface area contributed by atoms with E-state index in [-0.39, 0.29) is 0 Å². The van der Waals surface area contributed by atoms with Crippen LogP contribution in [0.4, 0.5) is 5.69 Å². The molecule has 0 amide bonds. The zero-order valence-electron chi connectivity index (χ0n) is 9.03. The normalized spacial score (nSPS) is 10.6. The first-order valence-corrected chi connectivity index (χ1v) is 4.77. The number of rotatable bonds is 4. The molecule has 0 heterocycles. The summed E-state index contributed by atoms with van der Waals surface area (Å²) in [7, 11) is 3.90. The van der Waals surface area contributed by atoms with Crippen molar-refractivity contribution in [1.82, 2.24) is 4.90 Å². The number of likely N-dealkylation sites (N-methyl/N-ethyl adjacent to an activating group) is 1. The van der Waals surface area contributed by atoms with E-state index in [4.69, 9.17) is 10.8 Å². The lowest BCUT2D eigenvalue weighted by Crippen LogP contribution is -2.16. The van der Waals surface area contributed by atoms with Crippen LogP contribution < -0.4 is 5.73 Å². The van der Waals surface area contributed by atoms with Gasteiger partial charge in [-0.25, -0.2) is 4.79 Å². The summed E-state index contributed by atoms with van der Waals surface area (Å²) >= 11 is 0. The first kappa shape index (κ1) is 11.5. The summed E-state index contributed by atoms with van der Waals surface area (Å²) in [5.74, 6) is -0.899. The smallest absolute Gasteiger partial charge is 0.335 e. The van der Waals surface area contributed by atoms with Gasteiger partial charge in [-0.15, -0.1) is 0 Å². The van der Waals surface area contributed by atoms with Crippen LogP contribution in [-0.4, -0.2) is 36.6 Å². The summed E-state index contributed by atoms with van der Waals surface area (Å²) in [6.45, 7) is 0.809. The van der Waals surface area contributed by atoms with Gasteiger partial charge in [0.2, 0.25) is 0 Å². The highest BCUT2D eigenvalue weighted by molar-refractivity contribution is 5.89. The molecule has 1 aromatic rings. The molecular formula is C11H16N2O2. The predicted molar refractivity (Wildman–Crippen MR) is 60.1 cm³/mol. The summed E-state index contributed by atoms with van der Waals surface area (Å²) in [4.78, 5) is 12.9. The Labute approximate surface area is 89.3 Å². The van der Waals surface area contributed by atoms with Crippen LogP contribution in [0.2, 0.25) is 0 Å². The molecule has 0 spiro atoms. The largest absolute Gasteiger partial charge is 0.478 e. The van der Waals surface area contributed by atoms with Crippen LogP contribution in [0.5, 0.6) is 0 Å². The van der Waals surface area contributed by atoms with Gasteiger partial charge >= 0.3 is 5.97 Å². The summed E-state index contributed by atoms with van der Waals surface area (Å²) in [5, 5.41) is 8.97. The molecular weight excluding hydrogens is 192 g/mol. The Hall–Kier alpha value is -1.55. The molecule has 0 saturated carbocycles. The standard InChI is InChI=1S/C11H16N2O2/c1-13(2)6-5-8-7-9(12)3-4-10(8)11(14)15/h3-4,7H,5-6,12H2,1-2H3,(H,14,15). The van der Waals surface area contributed by atoms with E-state index in [1.165, 1.54) is 0 Å². The SMILES string of the molecule is CN(C)CCc1cc(N)ccc1C(=O)O. The number of carbonyl (C=O) groups is 1. The zero-order chi connectivity index (χ0) is 11.4. The van der Waals surface area contributed by atoms with Gasteiger partial charge in [0, 0.05) is 12.2 Å². The summed E-state index contributed by atoms with van der Waals surface area (Å²) in [6, 6.07) is 4.90. The first-order valence-electron chi connectivity index (χ1n) is 4.77. The Morgan fingerprint density at radius 3 is 2.67 bits per heavy atom. The van der Waals surface area contributed by atoms with Crippen LogP contribution in [0.25, 0.3) is 0 Å². The maximum absolute atomic E-state index is 10.9. The lowest BCUT2D eigenvalue weighted by molar-refractivity contribution is 0.0695. The Balaban J connectivity index is 2.92. The minimum Gasteiger partial charge on any atom is -0.478 e. The van der Waals surface area contributed by atoms with Crippen LogP contribution in [0, 0.1) is 0 Å². The first-order chi connectivity index (χ1) is 7.00. The Kier molecular flexibility index (Phi) is 3.68. The lowest BCUT2D eigenvalue weighted by Gasteiger charge is -2.11. The van der Waals surface area contributed by atoms with Crippen LogP contribution >= 0.6 is 0 Å². The van der Waals surface area contributed by atoms with Crippen molar-refractivity contribution in [3.63, 3.8) is 0 Å². The van der Waals surface area contributed by atoms with Crippen molar-refractivity contribution >= 4 is 11.7 Å². The summed E-state index contributed by atoms with van der Waals surface area (Å²) in [5.41, 5.74) is 7.36. The molecule has 0 aliphatic carbocycles. The molecule has 0 unspecified atom stereocenters.